The van der Waals surface area contributed by atoms with Crippen molar-refractivity contribution in [2.45, 2.75) is 52.0 Å². The van der Waals surface area contributed by atoms with Crippen molar-refractivity contribution in [1.29, 1.82) is 0 Å². The average Bonchev–Trinajstić information content (AvgIpc) is 2.58. The van der Waals surface area contributed by atoms with E-state index in [0.29, 0.717) is 16.8 Å². The minimum atomic E-state index is -0.435. The summed E-state index contributed by atoms with van der Waals surface area (Å²) < 4.78 is 5.80. The molecule has 3 unspecified atom stereocenters. The van der Waals surface area contributed by atoms with E-state index in [-0.39, 0.29) is 42.0 Å². The largest absolute Gasteiger partial charge is 0.431 e. The highest BCUT2D eigenvalue weighted by atomic mass is 35.5. The Kier molecular flexibility index (Phi) is 7.38. The van der Waals surface area contributed by atoms with Crippen LogP contribution in [-0.4, -0.2) is 37.3 Å². The zero-order valence-electron chi connectivity index (χ0n) is 15.5. The van der Waals surface area contributed by atoms with E-state index in [1.54, 1.807) is 12.1 Å². The molecular formula is C18H25BCl2N2O3. The minimum Gasteiger partial charge on any atom is -0.431 e. The standard InChI is InChI=1S/C18H25BCl2N2O3/c1-10(2)7-16(19-11(3)12(4)26-19)23-17(24)9-22-18(25)14-8-13(20)5-6-15(14)21/h5-6,8,10-12,16H,7,9H2,1-4H3,(H,22,25)(H,23,24). The van der Waals surface area contributed by atoms with Crippen LogP contribution in [0.3, 0.4) is 0 Å². The number of hydrogen-bond acceptors (Lipinski definition) is 3. The third kappa shape index (κ3) is 5.38. The number of carbonyl (C=O) groups is 2. The van der Waals surface area contributed by atoms with Gasteiger partial charge >= 0.3 is 6.92 Å². The highest BCUT2D eigenvalue weighted by molar-refractivity contribution is 6.58. The van der Waals surface area contributed by atoms with E-state index >= 15 is 0 Å². The Morgan fingerprint density at radius 3 is 2.54 bits per heavy atom. The third-order valence-electron chi connectivity index (χ3n) is 4.68. The molecule has 26 heavy (non-hydrogen) atoms. The molecule has 3 atom stereocenters. The summed E-state index contributed by atoms with van der Waals surface area (Å²) in [6.45, 7) is 8.25. The molecule has 1 heterocycles. The maximum Gasteiger partial charge on any atom is 0.321 e. The predicted octanol–water partition coefficient (Wildman–Crippen LogP) is 3.59. The molecule has 1 aromatic rings. The lowest BCUT2D eigenvalue weighted by molar-refractivity contribution is -0.120. The second kappa shape index (κ2) is 9.11. The Morgan fingerprint density at radius 2 is 1.96 bits per heavy atom. The van der Waals surface area contributed by atoms with E-state index in [2.05, 4.69) is 31.4 Å². The van der Waals surface area contributed by atoms with Crippen LogP contribution in [0.1, 0.15) is 44.5 Å². The lowest BCUT2D eigenvalue weighted by atomic mass is 9.43. The monoisotopic (exact) mass is 398 g/mol. The Balaban J connectivity index is 1.91. The zero-order valence-corrected chi connectivity index (χ0v) is 17.0. The Morgan fingerprint density at radius 1 is 1.27 bits per heavy atom. The number of halogens is 2. The average molecular weight is 399 g/mol. The molecule has 0 radical (unpaired) electrons. The summed E-state index contributed by atoms with van der Waals surface area (Å²) in [6, 6.07) is 4.63. The molecule has 5 nitrogen and oxygen atoms in total. The number of hydrogen-bond donors (Lipinski definition) is 2. The molecule has 2 N–H and O–H groups in total. The van der Waals surface area contributed by atoms with Gasteiger partial charge in [-0.3, -0.25) is 9.59 Å². The van der Waals surface area contributed by atoms with Crippen LogP contribution in [0.15, 0.2) is 18.2 Å². The van der Waals surface area contributed by atoms with E-state index < -0.39 is 5.91 Å². The summed E-state index contributed by atoms with van der Waals surface area (Å²) in [7, 11) is 0. The van der Waals surface area contributed by atoms with Crippen LogP contribution < -0.4 is 10.6 Å². The van der Waals surface area contributed by atoms with Gasteiger partial charge in [0.05, 0.1) is 17.1 Å². The van der Waals surface area contributed by atoms with E-state index in [1.165, 1.54) is 6.07 Å². The van der Waals surface area contributed by atoms with Crippen LogP contribution in [0.4, 0.5) is 0 Å². The van der Waals surface area contributed by atoms with Gasteiger partial charge in [-0.05, 0) is 43.3 Å². The van der Waals surface area contributed by atoms with Crippen molar-refractivity contribution >= 4 is 41.9 Å². The maximum absolute atomic E-state index is 12.3. The molecule has 1 fully saturated rings. The molecule has 142 valence electrons. The van der Waals surface area contributed by atoms with Gasteiger partial charge in [0.2, 0.25) is 5.91 Å². The van der Waals surface area contributed by atoms with E-state index in [4.69, 9.17) is 27.9 Å². The highest BCUT2D eigenvalue weighted by Gasteiger charge is 2.46. The lowest BCUT2D eigenvalue weighted by Crippen LogP contribution is -2.60. The Hall–Kier alpha value is -1.24. The molecular weight excluding hydrogens is 374 g/mol. The number of carbonyl (C=O) groups excluding carboxylic acids is 2. The van der Waals surface area contributed by atoms with Crippen molar-refractivity contribution in [2.75, 3.05) is 6.54 Å². The Bertz CT molecular complexity index is 672. The van der Waals surface area contributed by atoms with Crippen molar-refractivity contribution in [3.63, 3.8) is 0 Å². The van der Waals surface area contributed by atoms with Crippen molar-refractivity contribution in [1.82, 2.24) is 10.6 Å². The number of rotatable bonds is 7. The maximum atomic E-state index is 12.3. The first kappa shape index (κ1) is 21.1. The highest BCUT2D eigenvalue weighted by Crippen LogP contribution is 2.33. The van der Waals surface area contributed by atoms with Crippen LogP contribution >= 0.6 is 23.2 Å². The smallest absolute Gasteiger partial charge is 0.321 e. The predicted molar refractivity (Wildman–Crippen MR) is 106 cm³/mol. The second-order valence-electron chi connectivity index (χ2n) is 7.28. The van der Waals surface area contributed by atoms with Crippen molar-refractivity contribution in [3.05, 3.63) is 33.8 Å². The Labute approximate surface area is 165 Å². The number of amides is 2. The van der Waals surface area contributed by atoms with E-state index in [9.17, 15) is 9.59 Å². The molecule has 0 spiro atoms. The van der Waals surface area contributed by atoms with Gasteiger partial charge in [-0.1, -0.05) is 44.0 Å². The summed E-state index contributed by atoms with van der Waals surface area (Å²) in [4.78, 5) is 24.5. The zero-order chi connectivity index (χ0) is 19.4. The summed E-state index contributed by atoms with van der Waals surface area (Å²) in [5, 5.41) is 6.28. The first-order valence-corrected chi connectivity index (χ1v) is 9.62. The van der Waals surface area contributed by atoms with E-state index in [1.807, 2.05) is 6.92 Å². The summed E-state index contributed by atoms with van der Waals surface area (Å²) in [5.74, 6) is 0.0542. The van der Waals surface area contributed by atoms with Crippen molar-refractivity contribution < 1.29 is 14.2 Å². The molecule has 1 saturated heterocycles. The van der Waals surface area contributed by atoms with Gasteiger partial charge in [0.25, 0.3) is 5.91 Å². The third-order valence-corrected chi connectivity index (χ3v) is 5.25. The summed E-state index contributed by atoms with van der Waals surface area (Å²) in [5.41, 5.74) is 0.246. The molecule has 2 amide bonds. The van der Waals surface area contributed by atoms with Gasteiger partial charge in [0, 0.05) is 17.1 Å². The fourth-order valence-electron chi connectivity index (χ4n) is 3.10. The molecule has 0 aromatic heterocycles. The fraction of sp³-hybridized carbons (Fsp3) is 0.556. The van der Waals surface area contributed by atoms with Crippen LogP contribution in [0, 0.1) is 5.92 Å². The summed E-state index contributed by atoms with van der Waals surface area (Å²) in [6.07, 6.45) is 1.03. The summed E-state index contributed by atoms with van der Waals surface area (Å²) >= 11 is 11.9. The lowest BCUT2D eigenvalue weighted by Gasteiger charge is -2.43. The quantitative estimate of drug-likeness (QED) is 0.689. The van der Waals surface area contributed by atoms with Crippen LogP contribution in [0.5, 0.6) is 0 Å². The molecule has 1 aromatic carbocycles. The molecule has 0 aliphatic carbocycles. The van der Waals surface area contributed by atoms with Crippen molar-refractivity contribution in [3.8, 4) is 0 Å². The topological polar surface area (TPSA) is 67.4 Å². The van der Waals surface area contributed by atoms with Gasteiger partial charge in [-0.2, -0.15) is 0 Å². The number of benzene rings is 1. The van der Waals surface area contributed by atoms with Gasteiger partial charge in [0.1, 0.15) is 0 Å². The van der Waals surface area contributed by atoms with Gasteiger partial charge < -0.3 is 15.3 Å². The fourth-order valence-corrected chi connectivity index (χ4v) is 3.48. The van der Waals surface area contributed by atoms with Crippen LogP contribution in [0.2, 0.25) is 15.9 Å². The molecule has 8 heteroatoms. The van der Waals surface area contributed by atoms with Crippen LogP contribution in [0.25, 0.3) is 0 Å². The SMILES string of the molecule is CC(C)CC(NC(=O)CNC(=O)c1cc(Cl)ccc1Cl)B1OC(C)C1C. The first-order valence-electron chi connectivity index (χ1n) is 8.87. The minimum absolute atomic E-state index is 0.00873. The normalized spacial score (nSPS) is 20.5. The van der Waals surface area contributed by atoms with Gasteiger partial charge in [-0.25, -0.2) is 0 Å². The molecule has 1 aliphatic heterocycles. The molecule has 0 saturated carbocycles. The number of nitrogens with one attached hydrogen (secondary N) is 2. The second-order valence-corrected chi connectivity index (χ2v) is 8.12. The van der Waals surface area contributed by atoms with E-state index in [0.717, 1.165) is 6.42 Å². The molecule has 1 aliphatic rings. The van der Waals surface area contributed by atoms with Gasteiger partial charge in [0.15, 0.2) is 0 Å². The molecule has 2 rings (SSSR count). The molecule has 0 bridgehead atoms. The van der Waals surface area contributed by atoms with Crippen LogP contribution in [-0.2, 0) is 9.45 Å². The first-order chi connectivity index (χ1) is 12.2. The van der Waals surface area contributed by atoms with Crippen molar-refractivity contribution in [2.24, 2.45) is 5.92 Å². The van der Waals surface area contributed by atoms with Gasteiger partial charge in [-0.15, -0.1) is 0 Å².